The third-order valence-electron chi connectivity index (χ3n) is 9.64. The molecule has 9 rings (SSSR count). The first kappa shape index (κ1) is 32.4. The van der Waals surface area contributed by atoms with Gasteiger partial charge in [-0.3, -0.25) is 0 Å². The number of benzene rings is 6. The molecule has 0 bridgehead atoms. The molecule has 6 aromatic carbocycles. The first-order chi connectivity index (χ1) is 24.5. The van der Waals surface area contributed by atoms with Crippen molar-refractivity contribution < 1.29 is 21.1 Å². The van der Waals surface area contributed by atoms with Crippen molar-refractivity contribution in [3.63, 3.8) is 0 Å². The van der Waals surface area contributed by atoms with E-state index in [1.165, 1.54) is 16.7 Å². The Morgan fingerprint density at radius 2 is 1.31 bits per heavy atom. The predicted octanol–water partition coefficient (Wildman–Crippen LogP) is 11.1. The maximum atomic E-state index is 4.95. The van der Waals surface area contributed by atoms with Crippen LogP contribution in [0.2, 0.25) is 0 Å². The van der Waals surface area contributed by atoms with Crippen LogP contribution in [0.25, 0.3) is 55.5 Å². The van der Waals surface area contributed by atoms with E-state index in [0.29, 0.717) is 0 Å². The molecule has 0 aliphatic heterocycles. The van der Waals surface area contributed by atoms with Crippen LogP contribution in [0.4, 0.5) is 17.1 Å². The quantitative estimate of drug-likeness (QED) is 0.156. The number of fused-ring (bicyclic) bond motifs is 4. The molecule has 0 aliphatic carbocycles. The van der Waals surface area contributed by atoms with Gasteiger partial charge in [0.25, 0.3) is 0 Å². The fraction of sp³-hybridized carbons (Fsp3) is 0.0667. The SMILES string of the molecule is Cc1cccc(C)c1-c1ccnc(-n2c3[c-]c(N(c4[c-]c(-n5[cH+]n(C)c6ccccc65)ccc4)c4ccccc4)ccc3c3ccccc32)c1.[Pt]. The Hall–Kier alpha value is -5.77. The first-order valence-electron chi connectivity index (χ1n) is 16.9. The van der Waals surface area contributed by atoms with Crippen LogP contribution in [-0.4, -0.2) is 18.7 Å². The zero-order valence-corrected chi connectivity index (χ0v) is 30.8. The summed E-state index contributed by atoms with van der Waals surface area (Å²) < 4.78 is 6.59. The zero-order valence-electron chi connectivity index (χ0n) is 28.5. The second-order valence-electron chi connectivity index (χ2n) is 12.8. The predicted molar refractivity (Wildman–Crippen MR) is 206 cm³/mol. The van der Waals surface area contributed by atoms with Gasteiger partial charge < -0.3 is 9.47 Å². The number of pyridine rings is 1. The Morgan fingerprint density at radius 3 is 2.12 bits per heavy atom. The van der Waals surface area contributed by atoms with Crippen LogP contribution in [0.3, 0.4) is 0 Å². The van der Waals surface area contributed by atoms with Crippen LogP contribution in [0.5, 0.6) is 0 Å². The summed E-state index contributed by atoms with van der Waals surface area (Å²) in [7, 11) is 2.08. The number of imidazole rings is 1. The van der Waals surface area contributed by atoms with Gasteiger partial charge in [0.05, 0.1) is 0 Å². The summed E-state index contributed by atoms with van der Waals surface area (Å²) in [5, 5.41) is 2.29. The molecule has 0 aliphatic rings. The van der Waals surface area contributed by atoms with Crippen molar-refractivity contribution in [2.75, 3.05) is 4.90 Å². The maximum Gasteiger partial charge on any atom is 0.188 e. The molecule has 9 aromatic rings. The second-order valence-corrected chi connectivity index (χ2v) is 12.8. The van der Waals surface area contributed by atoms with Gasteiger partial charge in [0, 0.05) is 63.3 Å². The molecule has 0 unspecified atom stereocenters. The van der Waals surface area contributed by atoms with Gasteiger partial charge in [0.2, 0.25) is 0 Å². The summed E-state index contributed by atoms with van der Waals surface area (Å²) in [6.45, 7) is 4.35. The summed E-state index contributed by atoms with van der Waals surface area (Å²) in [5.74, 6) is 0.858. The average molecular weight is 840 g/mol. The molecular formula is C45H34N5Pt-. The van der Waals surface area contributed by atoms with Crippen molar-refractivity contribution in [2.45, 2.75) is 13.8 Å². The molecular weight excluding hydrogens is 806 g/mol. The van der Waals surface area contributed by atoms with Crippen molar-refractivity contribution in [2.24, 2.45) is 7.05 Å². The molecule has 0 N–H and O–H groups in total. The van der Waals surface area contributed by atoms with Gasteiger partial charge in [-0.05, 0) is 84.0 Å². The summed E-state index contributed by atoms with van der Waals surface area (Å²) in [5.41, 5.74) is 13.1. The molecule has 250 valence electrons. The van der Waals surface area contributed by atoms with Crippen molar-refractivity contribution in [3.05, 3.63) is 175 Å². The molecule has 3 aromatic heterocycles. The number of rotatable bonds is 6. The van der Waals surface area contributed by atoms with E-state index < -0.39 is 0 Å². The standard InChI is InChI=1S/C45H34N5.Pt/c1-31-13-11-14-32(2)45(31)33-25-26-46-44(27-33)50-40-20-8-7-19-38(40)39-24-23-37(29-43(39)50)49(34-15-5-4-6-16-34)36-18-12-17-35(28-36)48-30-47(3)41-21-9-10-22-42(41)48;/h4-27,30H,1-3H3;/q-1;. The van der Waals surface area contributed by atoms with Crippen LogP contribution in [0.15, 0.2) is 152 Å². The first-order valence-corrected chi connectivity index (χ1v) is 16.9. The Kier molecular flexibility index (Phi) is 8.37. The number of hydrogen-bond donors (Lipinski definition) is 0. The minimum atomic E-state index is 0. The molecule has 5 nitrogen and oxygen atoms in total. The van der Waals surface area contributed by atoms with Gasteiger partial charge in [-0.15, -0.1) is 29.7 Å². The second kappa shape index (κ2) is 13.2. The molecule has 0 amide bonds. The fourth-order valence-corrected chi connectivity index (χ4v) is 7.37. The molecule has 0 radical (unpaired) electrons. The Balaban J connectivity index is 0.00000374. The van der Waals surface area contributed by atoms with Crippen LogP contribution in [0.1, 0.15) is 11.1 Å². The van der Waals surface area contributed by atoms with Gasteiger partial charge in [-0.2, -0.15) is 12.1 Å². The van der Waals surface area contributed by atoms with Crippen LogP contribution < -0.4 is 4.90 Å². The monoisotopic (exact) mass is 839 g/mol. The summed E-state index contributed by atoms with van der Waals surface area (Å²) in [6, 6.07) is 56.6. The minimum absolute atomic E-state index is 0. The van der Waals surface area contributed by atoms with Crippen LogP contribution in [-0.2, 0) is 28.1 Å². The molecule has 0 atom stereocenters. The molecule has 0 spiro atoms. The van der Waals surface area contributed by atoms with E-state index in [-0.39, 0.29) is 21.1 Å². The number of nitrogens with zero attached hydrogens (tertiary/aromatic N) is 5. The van der Waals surface area contributed by atoms with Crippen molar-refractivity contribution in [1.29, 1.82) is 0 Å². The van der Waals surface area contributed by atoms with E-state index in [1.54, 1.807) is 0 Å². The van der Waals surface area contributed by atoms with E-state index in [2.05, 4.69) is 191 Å². The zero-order chi connectivity index (χ0) is 33.8. The number of aromatic nitrogens is 4. The molecule has 0 saturated heterocycles. The van der Waals surface area contributed by atoms with E-state index >= 15 is 0 Å². The van der Waals surface area contributed by atoms with E-state index in [9.17, 15) is 0 Å². The van der Waals surface area contributed by atoms with Gasteiger partial charge in [-0.1, -0.05) is 77.6 Å². The van der Waals surface area contributed by atoms with Gasteiger partial charge in [0.1, 0.15) is 5.82 Å². The van der Waals surface area contributed by atoms with E-state index in [1.807, 2.05) is 12.3 Å². The van der Waals surface area contributed by atoms with Crippen LogP contribution in [0, 0.1) is 26.0 Å². The number of para-hydroxylation sites is 4. The Bertz CT molecular complexity index is 2690. The van der Waals surface area contributed by atoms with Crippen LogP contribution >= 0.6 is 0 Å². The normalized spacial score (nSPS) is 11.3. The van der Waals surface area contributed by atoms with Gasteiger partial charge in [-0.25, -0.2) is 14.1 Å². The van der Waals surface area contributed by atoms with E-state index in [4.69, 9.17) is 4.98 Å². The van der Waals surface area contributed by atoms with Gasteiger partial charge >= 0.3 is 0 Å². The number of anilines is 3. The molecule has 51 heavy (non-hydrogen) atoms. The summed E-state index contributed by atoms with van der Waals surface area (Å²) >= 11 is 0. The van der Waals surface area contributed by atoms with Crippen molar-refractivity contribution in [3.8, 4) is 22.6 Å². The largest absolute Gasteiger partial charge is 0.358 e. The Morgan fingerprint density at radius 1 is 0.627 bits per heavy atom. The fourth-order valence-electron chi connectivity index (χ4n) is 7.37. The average Bonchev–Trinajstić information content (AvgIpc) is 3.67. The topological polar surface area (TPSA) is 30.9 Å². The molecule has 3 heterocycles. The van der Waals surface area contributed by atoms with Crippen molar-refractivity contribution in [1.82, 2.24) is 18.7 Å². The summed E-state index contributed by atoms with van der Waals surface area (Å²) in [6.07, 6.45) is 4.03. The number of hydrogen-bond acceptors (Lipinski definition) is 2. The minimum Gasteiger partial charge on any atom is -0.358 e. The third kappa shape index (κ3) is 5.55. The Labute approximate surface area is 311 Å². The molecule has 6 heteroatoms. The third-order valence-corrected chi connectivity index (χ3v) is 9.64. The molecule has 0 saturated carbocycles. The van der Waals surface area contributed by atoms with E-state index in [0.717, 1.165) is 67.0 Å². The van der Waals surface area contributed by atoms with Gasteiger partial charge in [0.15, 0.2) is 17.4 Å². The number of aryl methyl sites for hydroxylation is 3. The smallest absolute Gasteiger partial charge is 0.188 e. The summed E-state index contributed by atoms with van der Waals surface area (Å²) in [4.78, 5) is 7.18. The molecule has 0 fully saturated rings. The maximum absolute atomic E-state index is 4.95. The van der Waals surface area contributed by atoms with Crippen molar-refractivity contribution >= 4 is 49.9 Å².